The van der Waals surface area contributed by atoms with E-state index in [1.54, 1.807) is 0 Å². The van der Waals surface area contributed by atoms with Crippen molar-refractivity contribution >= 4 is 17.3 Å². The molecular formula is C19H24N2O. The molecule has 0 spiro atoms. The van der Waals surface area contributed by atoms with Crippen molar-refractivity contribution in [2.75, 3.05) is 17.2 Å². The molecule has 3 nitrogen and oxygen atoms in total. The third-order valence-electron chi connectivity index (χ3n) is 3.49. The van der Waals surface area contributed by atoms with Gasteiger partial charge < -0.3 is 10.6 Å². The second kappa shape index (κ2) is 7.12. The first-order valence-electron chi connectivity index (χ1n) is 7.64. The second-order valence-corrected chi connectivity index (χ2v) is 6.42. The van der Waals surface area contributed by atoms with Gasteiger partial charge in [-0.3, -0.25) is 4.79 Å². The molecule has 0 bridgehead atoms. The van der Waals surface area contributed by atoms with Crippen LogP contribution >= 0.6 is 0 Å². The number of carbonyl (C=O) groups excluding carboxylic acids is 1. The second-order valence-electron chi connectivity index (χ2n) is 6.42. The minimum atomic E-state index is 0.0185. The lowest BCUT2D eigenvalue weighted by molar-refractivity contribution is -0.115. The Morgan fingerprint density at radius 1 is 0.909 bits per heavy atom. The first-order chi connectivity index (χ1) is 10.4. The summed E-state index contributed by atoms with van der Waals surface area (Å²) < 4.78 is 0. The van der Waals surface area contributed by atoms with E-state index in [1.165, 1.54) is 5.56 Å². The third kappa shape index (κ3) is 4.92. The van der Waals surface area contributed by atoms with Gasteiger partial charge in [-0.1, -0.05) is 51.1 Å². The molecule has 0 aromatic heterocycles. The van der Waals surface area contributed by atoms with Crippen LogP contribution in [0.1, 0.15) is 32.8 Å². The van der Waals surface area contributed by atoms with E-state index in [0.29, 0.717) is 13.0 Å². The largest absolute Gasteiger partial charge is 0.385 e. The number of amides is 1. The Morgan fingerprint density at radius 3 is 2.14 bits per heavy atom. The lowest BCUT2D eigenvalue weighted by Gasteiger charge is -2.19. The van der Waals surface area contributed by atoms with Crippen LogP contribution in [0.3, 0.4) is 0 Å². The van der Waals surface area contributed by atoms with Crippen LogP contribution in [0.15, 0.2) is 54.6 Å². The number of hydrogen-bond acceptors (Lipinski definition) is 2. The van der Waals surface area contributed by atoms with E-state index in [0.717, 1.165) is 11.4 Å². The van der Waals surface area contributed by atoms with Crippen molar-refractivity contribution in [2.24, 2.45) is 0 Å². The molecule has 0 aliphatic carbocycles. The highest BCUT2D eigenvalue weighted by Gasteiger charge is 2.12. The SMILES string of the molecule is CC(C)(C)c1ccc(NCCC(=O)Nc2ccccc2)cc1. The maximum Gasteiger partial charge on any atom is 0.226 e. The minimum absolute atomic E-state index is 0.0185. The monoisotopic (exact) mass is 296 g/mol. The zero-order valence-corrected chi connectivity index (χ0v) is 13.5. The van der Waals surface area contributed by atoms with Gasteiger partial charge in [0.1, 0.15) is 0 Å². The summed E-state index contributed by atoms with van der Waals surface area (Å²) in [5.74, 6) is 0.0185. The fourth-order valence-electron chi connectivity index (χ4n) is 2.15. The van der Waals surface area contributed by atoms with Crippen molar-refractivity contribution in [3.05, 3.63) is 60.2 Å². The van der Waals surface area contributed by atoms with E-state index in [1.807, 2.05) is 30.3 Å². The molecule has 0 fully saturated rings. The molecule has 0 saturated heterocycles. The first kappa shape index (κ1) is 16.1. The van der Waals surface area contributed by atoms with Gasteiger partial charge in [0.05, 0.1) is 0 Å². The molecular weight excluding hydrogens is 272 g/mol. The van der Waals surface area contributed by atoms with Gasteiger partial charge in [0.25, 0.3) is 0 Å². The van der Waals surface area contributed by atoms with E-state index < -0.39 is 0 Å². The summed E-state index contributed by atoms with van der Waals surface area (Å²) in [5, 5.41) is 6.16. The maximum absolute atomic E-state index is 11.8. The van der Waals surface area contributed by atoms with Crippen LogP contribution in [0.2, 0.25) is 0 Å². The van der Waals surface area contributed by atoms with Crippen LogP contribution in [0.25, 0.3) is 0 Å². The quantitative estimate of drug-likeness (QED) is 0.857. The third-order valence-corrected chi connectivity index (χ3v) is 3.49. The minimum Gasteiger partial charge on any atom is -0.385 e. The highest BCUT2D eigenvalue weighted by molar-refractivity contribution is 5.90. The van der Waals surface area contributed by atoms with Gasteiger partial charge in [-0.25, -0.2) is 0 Å². The van der Waals surface area contributed by atoms with Crippen LogP contribution in [0.4, 0.5) is 11.4 Å². The number of carbonyl (C=O) groups is 1. The molecule has 0 aliphatic heterocycles. The Balaban J connectivity index is 1.78. The van der Waals surface area contributed by atoms with Gasteiger partial charge in [-0.15, -0.1) is 0 Å². The van der Waals surface area contributed by atoms with Gasteiger partial charge in [-0.2, -0.15) is 0 Å². The fraction of sp³-hybridized carbons (Fsp3) is 0.316. The summed E-state index contributed by atoms with van der Waals surface area (Å²) in [4.78, 5) is 11.8. The van der Waals surface area contributed by atoms with E-state index >= 15 is 0 Å². The predicted molar refractivity (Wildman–Crippen MR) is 93.3 cm³/mol. The Hall–Kier alpha value is -2.29. The average Bonchev–Trinajstić information content (AvgIpc) is 2.48. The molecule has 0 aliphatic rings. The molecule has 0 unspecified atom stereocenters. The van der Waals surface area contributed by atoms with Gasteiger partial charge >= 0.3 is 0 Å². The zero-order valence-electron chi connectivity index (χ0n) is 13.5. The highest BCUT2D eigenvalue weighted by Crippen LogP contribution is 2.23. The summed E-state index contributed by atoms with van der Waals surface area (Å²) in [6.45, 7) is 7.21. The van der Waals surface area contributed by atoms with Crippen LogP contribution < -0.4 is 10.6 Å². The lowest BCUT2D eigenvalue weighted by Crippen LogP contribution is -2.16. The molecule has 3 heteroatoms. The molecule has 2 aromatic rings. The molecule has 2 N–H and O–H groups in total. The van der Waals surface area contributed by atoms with Gasteiger partial charge in [0.15, 0.2) is 0 Å². The predicted octanol–water partition coefficient (Wildman–Crippen LogP) is 4.42. The molecule has 0 saturated carbocycles. The first-order valence-corrected chi connectivity index (χ1v) is 7.64. The number of rotatable bonds is 5. The highest BCUT2D eigenvalue weighted by atomic mass is 16.1. The Morgan fingerprint density at radius 2 is 1.55 bits per heavy atom. The van der Waals surface area contributed by atoms with Crippen molar-refractivity contribution < 1.29 is 4.79 Å². The van der Waals surface area contributed by atoms with Crippen molar-refractivity contribution in [2.45, 2.75) is 32.6 Å². The summed E-state index contributed by atoms with van der Waals surface area (Å²) in [5.41, 5.74) is 3.34. The van der Waals surface area contributed by atoms with Crippen LogP contribution in [-0.4, -0.2) is 12.5 Å². The summed E-state index contributed by atoms with van der Waals surface area (Å²) >= 11 is 0. The molecule has 22 heavy (non-hydrogen) atoms. The molecule has 0 radical (unpaired) electrons. The van der Waals surface area contributed by atoms with Crippen molar-refractivity contribution in [1.29, 1.82) is 0 Å². The molecule has 0 atom stereocenters. The number of para-hydroxylation sites is 1. The number of hydrogen-bond donors (Lipinski definition) is 2. The Labute approximate surface area is 132 Å². The van der Waals surface area contributed by atoms with E-state index in [-0.39, 0.29) is 11.3 Å². The topological polar surface area (TPSA) is 41.1 Å². The summed E-state index contributed by atoms with van der Waals surface area (Å²) in [7, 11) is 0. The smallest absolute Gasteiger partial charge is 0.226 e. The Bertz CT molecular complexity index is 598. The number of anilines is 2. The van der Waals surface area contributed by atoms with Crippen molar-refractivity contribution in [1.82, 2.24) is 0 Å². The lowest BCUT2D eigenvalue weighted by atomic mass is 9.87. The number of benzene rings is 2. The van der Waals surface area contributed by atoms with Gasteiger partial charge in [-0.05, 0) is 35.2 Å². The molecule has 2 aromatic carbocycles. The average molecular weight is 296 g/mol. The van der Waals surface area contributed by atoms with Crippen LogP contribution in [0, 0.1) is 0 Å². The fourth-order valence-corrected chi connectivity index (χ4v) is 2.15. The van der Waals surface area contributed by atoms with Crippen molar-refractivity contribution in [3.63, 3.8) is 0 Å². The number of nitrogens with one attached hydrogen (secondary N) is 2. The zero-order chi connectivity index (χ0) is 16.0. The molecule has 2 rings (SSSR count). The summed E-state index contributed by atoms with van der Waals surface area (Å²) in [6, 6.07) is 17.9. The molecule has 0 heterocycles. The van der Waals surface area contributed by atoms with E-state index in [4.69, 9.17) is 0 Å². The van der Waals surface area contributed by atoms with Gasteiger partial charge in [0, 0.05) is 24.3 Å². The maximum atomic E-state index is 11.8. The van der Waals surface area contributed by atoms with Crippen LogP contribution in [0.5, 0.6) is 0 Å². The van der Waals surface area contributed by atoms with E-state index in [9.17, 15) is 4.79 Å². The molecule has 116 valence electrons. The van der Waals surface area contributed by atoms with Crippen molar-refractivity contribution in [3.8, 4) is 0 Å². The van der Waals surface area contributed by atoms with Gasteiger partial charge in [0.2, 0.25) is 5.91 Å². The van der Waals surface area contributed by atoms with E-state index in [2.05, 4.69) is 55.7 Å². The van der Waals surface area contributed by atoms with Crippen LogP contribution in [-0.2, 0) is 10.2 Å². The standard InChI is InChI=1S/C19H24N2O/c1-19(2,3)15-9-11-16(12-10-15)20-14-13-18(22)21-17-7-5-4-6-8-17/h4-12,20H,13-14H2,1-3H3,(H,21,22). The normalized spacial score (nSPS) is 11.0. The summed E-state index contributed by atoms with van der Waals surface area (Å²) in [6.07, 6.45) is 0.440. The Kier molecular flexibility index (Phi) is 5.21. The molecule has 1 amide bonds.